The lowest BCUT2D eigenvalue weighted by Crippen LogP contribution is -2.82. The Morgan fingerprint density at radius 3 is 2.56 bits per heavy atom. The van der Waals surface area contributed by atoms with Crippen LogP contribution in [0, 0.1) is 11.8 Å². The number of alkyl halides is 3. The van der Waals surface area contributed by atoms with E-state index in [1.807, 2.05) is 0 Å². The largest absolute Gasteiger partial charge is 0.495 e. The lowest BCUT2D eigenvalue weighted by molar-refractivity contribution is -0.140. The smallest absolute Gasteiger partial charge is 0.406 e. The van der Waals surface area contributed by atoms with Crippen molar-refractivity contribution in [3.8, 4) is 17.6 Å². The van der Waals surface area contributed by atoms with Gasteiger partial charge in [-0.1, -0.05) is 11.8 Å². The topological polar surface area (TPSA) is 123 Å². The molecule has 3 aliphatic rings. The van der Waals surface area contributed by atoms with Gasteiger partial charge in [-0.15, -0.1) is 0 Å². The van der Waals surface area contributed by atoms with Gasteiger partial charge >= 0.3 is 6.18 Å². The lowest BCUT2D eigenvalue weighted by Gasteiger charge is -2.68. The zero-order chi connectivity index (χ0) is 28.0. The number of nitrogens with one attached hydrogen (secondary N) is 3. The van der Waals surface area contributed by atoms with Crippen LogP contribution in [-0.2, 0) is 6.54 Å². The highest BCUT2D eigenvalue weighted by Gasteiger charge is 2.66. The summed E-state index contributed by atoms with van der Waals surface area (Å²) in [6.07, 6.45) is -1.35. The van der Waals surface area contributed by atoms with Crippen molar-refractivity contribution in [3.05, 3.63) is 53.3 Å². The minimum atomic E-state index is -4.46. The first-order valence-electron chi connectivity index (χ1n) is 12.2. The van der Waals surface area contributed by atoms with Gasteiger partial charge < -0.3 is 31.0 Å². The molecule has 3 saturated carbocycles. The molecule has 9 nitrogen and oxygen atoms in total. The molecule has 5 N–H and O–H groups in total. The maximum absolute atomic E-state index is 13.2. The van der Waals surface area contributed by atoms with E-state index in [2.05, 4.69) is 32.8 Å². The molecule has 2 aromatic carbocycles. The summed E-state index contributed by atoms with van der Waals surface area (Å²) >= 11 is 0. The molecular formula is C27H27F3N6O3. The summed E-state index contributed by atoms with van der Waals surface area (Å²) < 4.78 is 45.8. The summed E-state index contributed by atoms with van der Waals surface area (Å²) in [5, 5.41) is 8.64. The Kier molecular flexibility index (Phi) is 6.42. The molecule has 0 saturated heterocycles. The first-order chi connectivity index (χ1) is 18.4. The zero-order valence-corrected chi connectivity index (χ0v) is 21.3. The molecule has 0 unspecified atom stereocenters. The standard InChI is InChI=1S/C27H27F3N6O3/c1-32-23(37)17-5-6-19(21(10-17)39-2)33-7-3-4-16-8-18(24(38)35-26-11-25(31,12-26)13-26)22-20(9-16)36(15-34-22)14-27(28,29)30/h5-6,8-10,15,33H,7,11-14,31H2,1-2H3,(H,32,37)(H,35,38). The normalized spacial score (nSPS) is 21.2. The van der Waals surface area contributed by atoms with Gasteiger partial charge in [-0.2, -0.15) is 13.2 Å². The Labute approximate surface area is 222 Å². The molecule has 0 atom stereocenters. The SMILES string of the molecule is CNC(=O)c1ccc(NCC#Cc2cc(C(=O)NC34CC(N)(C3)C4)c3ncn(CC(F)(F)F)c3c2)c(OC)c1. The number of anilines is 1. The molecule has 0 radical (unpaired) electrons. The van der Waals surface area contributed by atoms with Crippen LogP contribution < -0.4 is 26.4 Å². The molecule has 2 amide bonds. The minimum Gasteiger partial charge on any atom is -0.495 e. The number of imidazole rings is 1. The van der Waals surface area contributed by atoms with Crippen LogP contribution in [0.5, 0.6) is 5.75 Å². The van der Waals surface area contributed by atoms with Crippen molar-refractivity contribution in [2.24, 2.45) is 5.73 Å². The van der Waals surface area contributed by atoms with Crippen LogP contribution in [0.4, 0.5) is 18.9 Å². The van der Waals surface area contributed by atoms with E-state index in [0.717, 1.165) is 10.9 Å². The minimum absolute atomic E-state index is 0.160. The van der Waals surface area contributed by atoms with Crippen LogP contribution in [0.25, 0.3) is 11.0 Å². The second kappa shape index (κ2) is 9.50. The van der Waals surface area contributed by atoms with Gasteiger partial charge in [0.1, 0.15) is 17.8 Å². The number of fused-ring (bicyclic) bond motifs is 1. The van der Waals surface area contributed by atoms with Crippen LogP contribution in [0.3, 0.4) is 0 Å². The maximum atomic E-state index is 13.2. The van der Waals surface area contributed by atoms with E-state index in [1.165, 1.54) is 26.3 Å². The number of methoxy groups -OCH3 is 1. The first-order valence-corrected chi connectivity index (χ1v) is 12.2. The van der Waals surface area contributed by atoms with Gasteiger partial charge in [-0.3, -0.25) is 9.59 Å². The van der Waals surface area contributed by atoms with Crippen LogP contribution in [0.15, 0.2) is 36.7 Å². The van der Waals surface area contributed by atoms with Gasteiger partial charge in [-0.25, -0.2) is 4.98 Å². The van der Waals surface area contributed by atoms with Crippen molar-refractivity contribution in [3.63, 3.8) is 0 Å². The molecule has 1 heterocycles. The number of benzene rings is 2. The quantitative estimate of drug-likeness (QED) is 0.342. The second-order valence-corrected chi connectivity index (χ2v) is 10.2. The van der Waals surface area contributed by atoms with E-state index in [1.54, 1.807) is 18.2 Å². The van der Waals surface area contributed by atoms with Crippen molar-refractivity contribution < 1.29 is 27.5 Å². The predicted molar refractivity (Wildman–Crippen MR) is 139 cm³/mol. The summed E-state index contributed by atoms with van der Waals surface area (Å²) in [5.74, 6) is 5.63. The molecule has 3 fully saturated rings. The molecular weight excluding hydrogens is 513 g/mol. The van der Waals surface area contributed by atoms with Gasteiger partial charge in [0, 0.05) is 29.3 Å². The monoisotopic (exact) mass is 540 g/mol. The number of nitrogens with two attached hydrogens (primary N) is 1. The van der Waals surface area contributed by atoms with Crippen molar-refractivity contribution in [1.82, 2.24) is 20.2 Å². The van der Waals surface area contributed by atoms with Gasteiger partial charge in [0.05, 0.1) is 36.7 Å². The Bertz CT molecular complexity index is 1520. The van der Waals surface area contributed by atoms with E-state index < -0.39 is 18.6 Å². The fraction of sp³-hybridized carbons (Fsp3) is 0.370. The molecule has 12 heteroatoms. The summed E-state index contributed by atoms with van der Waals surface area (Å²) in [5.41, 5.74) is 7.43. The molecule has 0 aliphatic heterocycles. The van der Waals surface area contributed by atoms with E-state index in [0.29, 0.717) is 41.8 Å². The molecule has 3 aromatic rings. The zero-order valence-electron chi connectivity index (χ0n) is 21.3. The number of rotatable bonds is 7. The summed E-state index contributed by atoms with van der Waals surface area (Å²) in [6, 6.07) is 7.94. The average molecular weight is 541 g/mol. The van der Waals surface area contributed by atoms with Gasteiger partial charge in [0.15, 0.2) is 0 Å². The third kappa shape index (κ3) is 5.22. The van der Waals surface area contributed by atoms with Crippen LogP contribution in [0.1, 0.15) is 45.5 Å². The fourth-order valence-corrected chi connectivity index (χ4v) is 5.44. The van der Waals surface area contributed by atoms with E-state index in [-0.39, 0.29) is 40.1 Å². The van der Waals surface area contributed by atoms with Crippen LogP contribution in [0.2, 0.25) is 0 Å². The maximum Gasteiger partial charge on any atom is 0.406 e. The number of carbonyl (C=O) groups excluding carboxylic acids is 2. The second-order valence-electron chi connectivity index (χ2n) is 10.2. The predicted octanol–water partition coefficient (Wildman–Crippen LogP) is 2.79. The molecule has 0 spiro atoms. The summed E-state index contributed by atoms with van der Waals surface area (Å²) in [7, 11) is 3.01. The third-order valence-corrected chi connectivity index (χ3v) is 7.06. The molecule has 2 bridgehead atoms. The summed E-state index contributed by atoms with van der Waals surface area (Å²) in [4.78, 5) is 29.2. The Hall–Kier alpha value is -4.24. The number of hydrogen-bond acceptors (Lipinski definition) is 6. The highest BCUT2D eigenvalue weighted by molar-refractivity contribution is 6.06. The number of amides is 2. The van der Waals surface area contributed by atoms with E-state index in [4.69, 9.17) is 10.5 Å². The van der Waals surface area contributed by atoms with Crippen molar-refractivity contribution in [1.29, 1.82) is 0 Å². The number of aromatic nitrogens is 2. The Morgan fingerprint density at radius 1 is 1.18 bits per heavy atom. The highest BCUT2D eigenvalue weighted by atomic mass is 19.4. The molecule has 6 rings (SSSR count). The van der Waals surface area contributed by atoms with Gasteiger partial charge in [0.25, 0.3) is 11.8 Å². The number of hydrogen-bond donors (Lipinski definition) is 4. The highest BCUT2D eigenvalue weighted by Crippen LogP contribution is 2.58. The van der Waals surface area contributed by atoms with E-state index in [9.17, 15) is 22.8 Å². The number of nitrogens with zero attached hydrogens (tertiary/aromatic N) is 2. The molecule has 1 aromatic heterocycles. The third-order valence-electron chi connectivity index (χ3n) is 7.06. The number of ether oxygens (including phenoxy) is 1. The van der Waals surface area contributed by atoms with Crippen molar-refractivity contribution in [2.45, 2.75) is 43.1 Å². The first kappa shape index (κ1) is 26.4. The van der Waals surface area contributed by atoms with Crippen molar-refractivity contribution in [2.75, 3.05) is 26.0 Å². The number of halogens is 3. The fourth-order valence-electron chi connectivity index (χ4n) is 5.44. The molecule has 3 aliphatic carbocycles. The Balaban J connectivity index is 1.39. The summed E-state index contributed by atoms with van der Waals surface area (Å²) in [6.45, 7) is -1.08. The van der Waals surface area contributed by atoms with Crippen LogP contribution in [-0.4, -0.2) is 59.3 Å². The van der Waals surface area contributed by atoms with Crippen molar-refractivity contribution >= 4 is 28.5 Å². The lowest BCUT2D eigenvalue weighted by atomic mass is 9.44. The Morgan fingerprint density at radius 2 is 1.92 bits per heavy atom. The van der Waals surface area contributed by atoms with Gasteiger partial charge in [0.2, 0.25) is 0 Å². The molecule has 204 valence electrons. The van der Waals surface area contributed by atoms with Crippen LogP contribution >= 0.6 is 0 Å². The van der Waals surface area contributed by atoms with Gasteiger partial charge in [-0.05, 0) is 49.6 Å². The molecule has 39 heavy (non-hydrogen) atoms. The average Bonchev–Trinajstić information content (AvgIpc) is 3.24. The number of carbonyl (C=O) groups is 2. The van der Waals surface area contributed by atoms with E-state index >= 15 is 0 Å².